The molecule has 0 fully saturated rings. The van der Waals surface area contributed by atoms with Gasteiger partial charge in [-0.3, -0.25) is 4.90 Å². The summed E-state index contributed by atoms with van der Waals surface area (Å²) >= 11 is 11.7. The lowest BCUT2D eigenvalue weighted by Gasteiger charge is -2.21. The molecule has 0 aliphatic rings. The van der Waals surface area contributed by atoms with Crippen LogP contribution in [-0.2, 0) is 6.54 Å². The van der Waals surface area contributed by atoms with E-state index in [2.05, 4.69) is 11.8 Å². The molecule has 1 aromatic carbocycles. The van der Waals surface area contributed by atoms with E-state index in [0.29, 0.717) is 12.4 Å². The highest BCUT2D eigenvalue weighted by Gasteiger charge is 2.10. The first-order valence-corrected chi connectivity index (χ1v) is 6.81. The van der Waals surface area contributed by atoms with Crippen molar-refractivity contribution in [3.05, 3.63) is 34.6 Å². The smallest absolute Gasteiger partial charge is 0.142 e. The van der Waals surface area contributed by atoms with Gasteiger partial charge in [-0.2, -0.15) is 0 Å². The fourth-order valence-electron chi connectivity index (χ4n) is 1.68. The van der Waals surface area contributed by atoms with Crippen molar-refractivity contribution in [2.45, 2.75) is 26.3 Å². The van der Waals surface area contributed by atoms with Crippen LogP contribution in [0.3, 0.4) is 0 Å². The van der Waals surface area contributed by atoms with Gasteiger partial charge in [-0.15, -0.1) is 11.6 Å². The van der Waals surface area contributed by atoms with Crippen LogP contribution in [-0.4, -0.2) is 23.9 Å². The molecule has 0 spiro atoms. The zero-order chi connectivity index (χ0) is 12.7. The van der Waals surface area contributed by atoms with Crippen LogP contribution in [0.2, 0.25) is 5.02 Å². The van der Waals surface area contributed by atoms with Crippen molar-refractivity contribution in [2.75, 3.05) is 19.0 Å². The van der Waals surface area contributed by atoms with E-state index in [1.807, 2.05) is 6.07 Å². The molecule has 0 aliphatic heterocycles. The molecule has 1 nitrogen and oxygen atoms in total. The van der Waals surface area contributed by atoms with Crippen LogP contribution >= 0.6 is 23.2 Å². The van der Waals surface area contributed by atoms with Crippen LogP contribution < -0.4 is 0 Å². The van der Waals surface area contributed by atoms with Gasteiger partial charge in [0.25, 0.3) is 0 Å². The topological polar surface area (TPSA) is 3.24 Å². The summed E-state index contributed by atoms with van der Waals surface area (Å²) in [4.78, 5) is 2.21. The van der Waals surface area contributed by atoms with Crippen LogP contribution in [0.1, 0.15) is 25.3 Å². The van der Waals surface area contributed by atoms with Gasteiger partial charge >= 0.3 is 0 Å². The summed E-state index contributed by atoms with van der Waals surface area (Å²) in [5, 5.41) is 0.226. The first-order chi connectivity index (χ1) is 8.19. The van der Waals surface area contributed by atoms with Crippen LogP contribution in [0.15, 0.2) is 18.2 Å². The molecule has 1 rings (SSSR count). The Morgan fingerprint density at radius 1 is 1.29 bits per heavy atom. The second-order valence-electron chi connectivity index (χ2n) is 4.03. The zero-order valence-corrected chi connectivity index (χ0v) is 11.6. The highest BCUT2D eigenvalue weighted by Crippen LogP contribution is 2.21. The first-order valence-electron chi connectivity index (χ1n) is 5.90. The van der Waals surface area contributed by atoms with Crippen LogP contribution in [0.25, 0.3) is 0 Å². The molecule has 0 amide bonds. The zero-order valence-electron chi connectivity index (χ0n) is 10.1. The van der Waals surface area contributed by atoms with Gasteiger partial charge in [0.2, 0.25) is 0 Å². The summed E-state index contributed by atoms with van der Waals surface area (Å²) in [6.07, 6.45) is 2.25. The summed E-state index contributed by atoms with van der Waals surface area (Å²) in [6, 6.07) is 4.93. The van der Waals surface area contributed by atoms with Gasteiger partial charge in [0.15, 0.2) is 0 Å². The molecule has 17 heavy (non-hydrogen) atoms. The largest absolute Gasteiger partial charge is 0.298 e. The minimum absolute atomic E-state index is 0.226. The van der Waals surface area contributed by atoms with Crippen LogP contribution in [0.4, 0.5) is 4.39 Å². The average molecular weight is 278 g/mol. The van der Waals surface area contributed by atoms with Crippen molar-refractivity contribution >= 4 is 23.2 Å². The quantitative estimate of drug-likeness (QED) is 0.671. The maximum Gasteiger partial charge on any atom is 0.142 e. The van der Waals surface area contributed by atoms with Crippen molar-refractivity contribution in [3.8, 4) is 0 Å². The van der Waals surface area contributed by atoms with E-state index in [4.69, 9.17) is 23.2 Å². The molecule has 0 aliphatic carbocycles. The minimum Gasteiger partial charge on any atom is -0.298 e. The molecule has 0 radical (unpaired) electrons. The molecule has 0 unspecified atom stereocenters. The van der Waals surface area contributed by atoms with E-state index in [0.717, 1.165) is 31.5 Å². The second-order valence-corrected chi connectivity index (χ2v) is 4.79. The highest BCUT2D eigenvalue weighted by molar-refractivity contribution is 6.31. The normalized spacial score (nSPS) is 11.1. The monoisotopic (exact) mass is 277 g/mol. The van der Waals surface area contributed by atoms with Gasteiger partial charge in [0, 0.05) is 19.0 Å². The van der Waals surface area contributed by atoms with Crippen LogP contribution in [0.5, 0.6) is 0 Å². The number of hydrogen-bond donors (Lipinski definition) is 0. The summed E-state index contributed by atoms with van der Waals surface area (Å²) in [6.45, 7) is 4.57. The Hall–Kier alpha value is -0.310. The lowest BCUT2D eigenvalue weighted by Crippen LogP contribution is -2.26. The van der Waals surface area contributed by atoms with E-state index < -0.39 is 0 Å². The molecule has 0 saturated carbocycles. The Morgan fingerprint density at radius 3 is 2.71 bits per heavy atom. The molecule has 0 heterocycles. The van der Waals surface area contributed by atoms with E-state index in [1.165, 1.54) is 6.07 Å². The number of halogens is 3. The first kappa shape index (κ1) is 14.7. The summed E-state index contributed by atoms with van der Waals surface area (Å²) in [7, 11) is 0. The van der Waals surface area contributed by atoms with Gasteiger partial charge in [-0.05, 0) is 24.6 Å². The number of nitrogens with zero attached hydrogens (tertiary/aromatic N) is 1. The second kappa shape index (κ2) is 7.91. The van der Waals surface area contributed by atoms with Crippen LogP contribution in [0, 0.1) is 5.82 Å². The molecule has 1 aromatic rings. The SMILES string of the molecule is CCCCN(CCCl)Cc1cccc(F)c1Cl. The van der Waals surface area contributed by atoms with Gasteiger partial charge < -0.3 is 0 Å². The molecule has 0 aromatic heterocycles. The van der Waals surface area contributed by atoms with Gasteiger partial charge in [-0.25, -0.2) is 4.39 Å². The molecule has 96 valence electrons. The van der Waals surface area contributed by atoms with Crippen molar-refractivity contribution in [2.24, 2.45) is 0 Å². The average Bonchev–Trinajstić information content (AvgIpc) is 2.32. The predicted octanol–water partition coefficient (Wildman–Crippen LogP) is 4.32. The minimum atomic E-state index is -0.356. The fourth-order valence-corrected chi connectivity index (χ4v) is 2.11. The maximum absolute atomic E-state index is 13.3. The standard InChI is InChI=1S/C13H18Cl2FN/c1-2-3-8-17(9-7-14)10-11-5-4-6-12(16)13(11)15/h4-6H,2-3,7-10H2,1H3. The van der Waals surface area contributed by atoms with E-state index >= 15 is 0 Å². The highest BCUT2D eigenvalue weighted by atomic mass is 35.5. The number of unbranched alkanes of at least 4 members (excludes halogenated alkanes) is 1. The molecule has 4 heteroatoms. The summed E-state index contributed by atoms with van der Waals surface area (Å²) in [5.41, 5.74) is 0.827. The Labute approximate surface area is 113 Å². The van der Waals surface area contributed by atoms with E-state index in [-0.39, 0.29) is 10.8 Å². The molecular formula is C13H18Cl2FN. The van der Waals surface area contributed by atoms with Crippen molar-refractivity contribution in [3.63, 3.8) is 0 Å². The van der Waals surface area contributed by atoms with Gasteiger partial charge in [0.1, 0.15) is 5.82 Å². The van der Waals surface area contributed by atoms with Crippen molar-refractivity contribution < 1.29 is 4.39 Å². The Morgan fingerprint density at radius 2 is 2.06 bits per heavy atom. The number of alkyl halides is 1. The Bertz CT molecular complexity index is 344. The number of hydrogen-bond acceptors (Lipinski definition) is 1. The fraction of sp³-hybridized carbons (Fsp3) is 0.538. The third-order valence-electron chi connectivity index (χ3n) is 2.65. The molecular weight excluding hydrogens is 260 g/mol. The third-order valence-corrected chi connectivity index (χ3v) is 3.25. The predicted molar refractivity (Wildman–Crippen MR) is 72.3 cm³/mol. The number of benzene rings is 1. The lowest BCUT2D eigenvalue weighted by atomic mass is 10.2. The van der Waals surface area contributed by atoms with E-state index in [9.17, 15) is 4.39 Å². The summed E-state index contributed by atoms with van der Waals surface area (Å²) < 4.78 is 13.3. The van der Waals surface area contributed by atoms with Crippen molar-refractivity contribution in [1.29, 1.82) is 0 Å². The number of rotatable bonds is 7. The Kier molecular flexibility index (Phi) is 6.86. The third kappa shape index (κ3) is 4.82. The molecule has 0 saturated heterocycles. The molecule has 0 N–H and O–H groups in total. The van der Waals surface area contributed by atoms with Gasteiger partial charge in [0.05, 0.1) is 5.02 Å². The Balaban J connectivity index is 2.67. The molecule has 0 atom stereocenters. The van der Waals surface area contributed by atoms with E-state index in [1.54, 1.807) is 6.07 Å². The lowest BCUT2D eigenvalue weighted by molar-refractivity contribution is 0.277. The van der Waals surface area contributed by atoms with Crippen molar-refractivity contribution in [1.82, 2.24) is 4.90 Å². The maximum atomic E-state index is 13.3. The summed E-state index contributed by atoms with van der Waals surface area (Å²) in [5.74, 6) is 0.224. The molecule has 0 bridgehead atoms. The van der Waals surface area contributed by atoms with Gasteiger partial charge in [-0.1, -0.05) is 37.1 Å².